The van der Waals surface area contributed by atoms with Crippen molar-refractivity contribution in [2.75, 3.05) is 20.1 Å². The van der Waals surface area contributed by atoms with Crippen LogP contribution in [0.2, 0.25) is 0 Å². The summed E-state index contributed by atoms with van der Waals surface area (Å²) in [6.07, 6.45) is 2.17. The van der Waals surface area contributed by atoms with Gasteiger partial charge in [-0.05, 0) is 32.2 Å². The molecule has 2 rings (SSSR count). The van der Waals surface area contributed by atoms with Crippen LogP contribution in [-0.4, -0.2) is 36.5 Å². The van der Waals surface area contributed by atoms with E-state index in [0.29, 0.717) is 17.7 Å². The molecule has 0 aromatic carbocycles. The Hall–Kier alpha value is -0.280. The molecular formula is C11H21ClN2O. The Morgan fingerprint density at radius 3 is 2.53 bits per heavy atom. The number of likely N-dealkylation sites (N-methyl/N-ethyl adjacent to an activating group) is 1. The molecule has 0 bridgehead atoms. The van der Waals surface area contributed by atoms with Gasteiger partial charge in [-0.15, -0.1) is 12.4 Å². The largest absolute Gasteiger partial charge is 0.339 e. The highest BCUT2D eigenvalue weighted by molar-refractivity contribution is 5.85. The first-order valence-corrected chi connectivity index (χ1v) is 5.53. The van der Waals surface area contributed by atoms with E-state index in [4.69, 9.17) is 0 Å². The summed E-state index contributed by atoms with van der Waals surface area (Å²) in [6.45, 7) is 6.31. The number of hydrogen-bond donors (Lipinski definition) is 1. The molecule has 2 fully saturated rings. The highest BCUT2D eigenvalue weighted by atomic mass is 35.5. The summed E-state index contributed by atoms with van der Waals surface area (Å²) in [5.41, 5.74) is 0.0550. The molecule has 0 aromatic heterocycles. The molecule has 3 atom stereocenters. The summed E-state index contributed by atoms with van der Waals surface area (Å²) < 4.78 is 0. The third kappa shape index (κ3) is 2.28. The third-order valence-electron chi connectivity index (χ3n) is 3.91. The minimum Gasteiger partial charge on any atom is -0.339 e. The Bertz CT molecular complexity index is 251. The maximum absolute atomic E-state index is 12.0. The van der Waals surface area contributed by atoms with Gasteiger partial charge in [-0.1, -0.05) is 6.92 Å². The zero-order chi connectivity index (χ0) is 10.3. The summed E-state index contributed by atoms with van der Waals surface area (Å²) in [7, 11) is 1.96. The number of nitrogens with one attached hydrogen (secondary N) is 1. The predicted octanol–water partition coefficient (Wildman–Crippen LogP) is 1.27. The van der Waals surface area contributed by atoms with E-state index in [0.717, 1.165) is 25.9 Å². The van der Waals surface area contributed by atoms with Crippen LogP contribution in [0.25, 0.3) is 0 Å². The fourth-order valence-electron chi connectivity index (χ4n) is 2.27. The minimum atomic E-state index is 0. The van der Waals surface area contributed by atoms with Crippen LogP contribution in [0.4, 0.5) is 0 Å². The second kappa shape index (κ2) is 4.30. The number of hydrogen-bond acceptors (Lipinski definition) is 2. The van der Waals surface area contributed by atoms with Crippen LogP contribution in [0.15, 0.2) is 0 Å². The maximum Gasteiger partial charge on any atom is 0.226 e. The Balaban J connectivity index is 0.00000112. The molecule has 0 aromatic rings. The van der Waals surface area contributed by atoms with Gasteiger partial charge in [0.15, 0.2) is 0 Å². The maximum atomic E-state index is 12.0. The van der Waals surface area contributed by atoms with Crippen molar-refractivity contribution in [1.82, 2.24) is 10.2 Å². The van der Waals surface area contributed by atoms with E-state index in [9.17, 15) is 4.79 Å². The molecule has 3 unspecified atom stereocenters. The number of halogens is 1. The van der Waals surface area contributed by atoms with Gasteiger partial charge in [0.2, 0.25) is 5.91 Å². The molecule has 1 N–H and O–H groups in total. The average molecular weight is 233 g/mol. The average Bonchev–Trinajstić information content (AvgIpc) is 2.71. The normalized spacial score (nSPS) is 38.3. The standard InChI is InChI=1S/C11H20N2O.ClH/c1-8-6-9(8)10(14)13(3)11(2)4-5-12-7-11;/h8-9,12H,4-7H2,1-3H3;1H. The summed E-state index contributed by atoms with van der Waals surface area (Å²) in [5.74, 6) is 1.28. The van der Waals surface area contributed by atoms with Gasteiger partial charge in [-0.3, -0.25) is 4.79 Å². The Labute approximate surface area is 98.0 Å². The number of carbonyl (C=O) groups is 1. The first-order valence-electron chi connectivity index (χ1n) is 5.53. The van der Waals surface area contributed by atoms with Crippen molar-refractivity contribution in [1.29, 1.82) is 0 Å². The fraction of sp³-hybridized carbons (Fsp3) is 0.909. The van der Waals surface area contributed by atoms with Crippen LogP contribution >= 0.6 is 12.4 Å². The topological polar surface area (TPSA) is 32.3 Å². The van der Waals surface area contributed by atoms with E-state index in [1.807, 2.05) is 11.9 Å². The van der Waals surface area contributed by atoms with Crippen molar-refractivity contribution in [3.8, 4) is 0 Å². The van der Waals surface area contributed by atoms with Gasteiger partial charge in [0.25, 0.3) is 0 Å². The fourth-order valence-corrected chi connectivity index (χ4v) is 2.27. The van der Waals surface area contributed by atoms with Crippen LogP contribution in [0, 0.1) is 11.8 Å². The smallest absolute Gasteiger partial charge is 0.226 e. The Morgan fingerprint density at radius 1 is 1.53 bits per heavy atom. The van der Waals surface area contributed by atoms with Crippen LogP contribution in [-0.2, 0) is 4.79 Å². The molecule has 1 heterocycles. The van der Waals surface area contributed by atoms with Crippen molar-refractivity contribution >= 4 is 18.3 Å². The van der Waals surface area contributed by atoms with Crippen molar-refractivity contribution < 1.29 is 4.79 Å². The molecular weight excluding hydrogens is 212 g/mol. The zero-order valence-electron chi connectivity index (χ0n) is 9.75. The lowest BCUT2D eigenvalue weighted by Gasteiger charge is -2.35. The molecule has 4 heteroatoms. The zero-order valence-corrected chi connectivity index (χ0v) is 10.6. The Morgan fingerprint density at radius 2 is 2.13 bits per heavy atom. The van der Waals surface area contributed by atoms with Crippen molar-refractivity contribution in [3.63, 3.8) is 0 Å². The molecule has 1 saturated carbocycles. The summed E-state index contributed by atoms with van der Waals surface area (Å²) in [5, 5.41) is 3.33. The molecule has 88 valence electrons. The molecule has 3 nitrogen and oxygen atoms in total. The van der Waals surface area contributed by atoms with Crippen molar-refractivity contribution in [2.24, 2.45) is 11.8 Å². The highest BCUT2D eigenvalue weighted by Gasteiger charge is 2.45. The quantitative estimate of drug-likeness (QED) is 0.778. The predicted molar refractivity (Wildman–Crippen MR) is 63.2 cm³/mol. The van der Waals surface area contributed by atoms with Crippen LogP contribution < -0.4 is 5.32 Å². The lowest BCUT2D eigenvalue weighted by Crippen LogP contribution is -2.49. The van der Waals surface area contributed by atoms with Crippen molar-refractivity contribution in [3.05, 3.63) is 0 Å². The minimum absolute atomic E-state index is 0. The monoisotopic (exact) mass is 232 g/mol. The van der Waals surface area contributed by atoms with Gasteiger partial charge >= 0.3 is 0 Å². The first kappa shape index (κ1) is 12.8. The summed E-state index contributed by atoms with van der Waals surface area (Å²) in [6, 6.07) is 0. The molecule has 1 aliphatic heterocycles. The number of carbonyl (C=O) groups excluding carboxylic acids is 1. The molecule has 1 aliphatic carbocycles. The lowest BCUT2D eigenvalue weighted by molar-refractivity contribution is -0.136. The number of amides is 1. The van der Waals surface area contributed by atoms with E-state index < -0.39 is 0 Å². The summed E-state index contributed by atoms with van der Waals surface area (Å²) >= 11 is 0. The molecule has 0 spiro atoms. The highest BCUT2D eigenvalue weighted by Crippen LogP contribution is 2.40. The van der Waals surface area contributed by atoms with Gasteiger partial charge < -0.3 is 10.2 Å². The van der Waals surface area contributed by atoms with Crippen molar-refractivity contribution in [2.45, 2.75) is 32.2 Å². The van der Waals surface area contributed by atoms with Crippen LogP contribution in [0.3, 0.4) is 0 Å². The molecule has 2 aliphatic rings. The van der Waals surface area contributed by atoms with E-state index in [2.05, 4.69) is 19.2 Å². The molecule has 1 saturated heterocycles. The second-order valence-electron chi connectivity index (χ2n) is 5.14. The van der Waals surface area contributed by atoms with Gasteiger partial charge in [0.05, 0.1) is 5.54 Å². The molecule has 0 radical (unpaired) electrons. The molecule has 1 amide bonds. The number of rotatable bonds is 2. The third-order valence-corrected chi connectivity index (χ3v) is 3.91. The van der Waals surface area contributed by atoms with E-state index in [1.165, 1.54) is 0 Å². The SMILES string of the molecule is CC1CC1C(=O)N(C)C1(C)CCNC1.Cl. The Kier molecular flexibility index (Phi) is 3.67. The van der Waals surface area contributed by atoms with Gasteiger partial charge in [-0.25, -0.2) is 0 Å². The molecule has 15 heavy (non-hydrogen) atoms. The van der Waals surface area contributed by atoms with E-state index in [1.54, 1.807) is 0 Å². The van der Waals surface area contributed by atoms with E-state index in [-0.39, 0.29) is 17.9 Å². The van der Waals surface area contributed by atoms with E-state index >= 15 is 0 Å². The van der Waals surface area contributed by atoms with Gasteiger partial charge in [0, 0.05) is 19.5 Å². The van der Waals surface area contributed by atoms with Gasteiger partial charge in [0.1, 0.15) is 0 Å². The van der Waals surface area contributed by atoms with Crippen LogP contribution in [0.5, 0.6) is 0 Å². The van der Waals surface area contributed by atoms with Gasteiger partial charge in [-0.2, -0.15) is 0 Å². The lowest BCUT2D eigenvalue weighted by atomic mass is 9.99. The summed E-state index contributed by atoms with van der Waals surface area (Å²) in [4.78, 5) is 14.0. The van der Waals surface area contributed by atoms with Crippen LogP contribution in [0.1, 0.15) is 26.7 Å². The first-order chi connectivity index (χ1) is 6.54. The number of nitrogens with zero attached hydrogens (tertiary/aromatic N) is 1. The second-order valence-corrected chi connectivity index (χ2v) is 5.14.